The molecule has 0 aliphatic rings. The second kappa shape index (κ2) is 12.0. The summed E-state index contributed by atoms with van der Waals surface area (Å²) in [6.45, 7) is 0. The Balaban J connectivity index is 0.000000273. The highest BCUT2D eigenvalue weighted by Gasteiger charge is 2.25. The molecule has 0 bridgehead atoms. The average Bonchev–Trinajstić information content (AvgIpc) is 2.65. The zero-order chi connectivity index (χ0) is 19.7. The van der Waals surface area contributed by atoms with Gasteiger partial charge in [0.2, 0.25) is 5.82 Å². The number of halogens is 6. The van der Waals surface area contributed by atoms with Gasteiger partial charge in [0.15, 0.2) is 23.3 Å². The van der Waals surface area contributed by atoms with E-state index in [1.807, 2.05) is 18.4 Å². The van der Waals surface area contributed by atoms with E-state index in [1.54, 1.807) is 27.8 Å². The highest BCUT2D eigenvalue weighted by atomic mass is 33.1. The Morgan fingerprint density at radius 1 is 0.615 bits per heavy atom. The molecule has 2 rings (SSSR count). The topological polar surface area (TPSA) is 0 Å². The van der Waals surface area contributed by atoms with E-state index in [0.717, 1.165) is 16.5 Å². The van der Waals surface area contributed by atoms with E-state index < -0.39 is 34.6 Å². The first-order chi connectivity index (χ1) is 12.3. The Kier molecular flexibility index (Phi) is 10.8. The fraction of sp³-hybridized carbons (Fsp3) is 0.250. The van der Waals surface area contributed by atoms with Gasteiger partial charge >= 0.3 is 0 Å². The molecule has 0 aromatic heterocycles. The van der Waals surface area contributed by atoms with Gasteiger partial charge in [-0.15, -0.1) is 0 Å². The number of hydrogen-bond acceptors (Lipinski definition) is 4. The summed E-state index contributed by atoms with van der Waals surface area (Å²) in [5.74, 6) is -8.92. The molecule has 0 saturated carbocycles. The van der Waals surface area contributed by atoms with Crippen LogP contribution in [0.15, 0.2) is 24.3 Å². The van der Waals surface area contributed by atoms with Crippen molar-refractivity contribution >= 4 is 43.2 Å². The molecular formula is C16H14F6S4. The molecule has 0 spiro atoms. The lowest BCUT2D eigenvalue weighted by atomic mass is 10.2. The normalized spacial score (nSPS) is 10.5. The van der Waals surface area contributed by atoms with Crippen LogP contribution in [-0.4, -0.2) is 12.5 Å². The summed E-state index contributed by atoms with van der Waals surface area (Å²) in [4.78, 5) is 0. The third-order valence-corrected chi connectivity index (χ3v) is 6.33. The molecule has 2 aromatic carbocycles. The maximum Gasteiger partial charge on any atom is 0.200 e. The van der Waals surface area contributed by atoms with Crippen LogP contribution in [0.4, 0.5) is 26.3 Å². The van der Waals surface area contributed by atoms with Gasteiger partial charge in [-0.3, -0.25) is 0 Å². The Hall–Kier alpha value is -0.580. The average molecular weight is 449 g/mol. The van der Waals surface area contributed by atoms with Crippen LogP contribution in [0.1, 0.15) is 11.1 Å². The van der Waals surface area contributed by atoms with Crippen molar-refractivity contribution in [2.24, 2.45) is 0 Å². The van der Waals surface area contributed by atoms with E-state index in [9.17, 15) is 26.3 Å². The van der Waals surface area contributed by atoms with Crippen molar-refractivity contribution in [2.45, 2.75) is 11.5 Å². The second-order valence-electron chi connectivity index (χ2n) is 4.53. The van der Waals surface area contributed by atoms with Crippen molar-refractivity contribution in [1.29, 1.82) is 0 Å². The van der Waals surface area contributed by atoms with Gasteiger partial charge in [0.05, 0.1) is 0 Å². The first-order valence-corrected chi connectivity index (χ1v) is 12.3. The molecule has 0 unspecified atom stereocenters. The molecule has 0 atom stereocenters. The highest BCUT2D eigenvalue weighted by Crippen LogP contribution is 2.29. The van der Waals surface area contributed by atoms with Gasteiger partial charge in [0.1, 0.15) is 5.82 Å². The van der Waals surface area contributed by atoms with Gasteiger partial charge in [-0.05, 0) is 30.2 Å². The minimum absolute atomic E-state index is 0.164. The second-order valence-corrected chi connectivity index (χ2v) is 9.66. The highest BCUT2D eigenvalue weighted by molar-refractivity contribution is 8.76. The minimum Gasteiger partial charge on any atom is -0.207 e. The third kappa shape index (κ3) is 6.86. The lowest BCUT2D eigenvalue weighted by Gasteiger charge is -2.06. The molecule has 0 radical (unpaired) electrons. The van der Waals surface area contributed by atoms with Crippen molar-refractivity contribution in [2.75, 3.05) is 12.5 Å². The predicted octanol–water partition coefficient (Wildman–Crippen LogP) is 7.23. The molecule has 0 heterocycles. The predicted molar refractivity (Wildman–Crippen MR) is 102 cm³/mol. The van der Waals surface area contributed by atoms with E-state index in [1.165, 1.54) is 28.5 Å². The molecule has 2 aromatic rings. The molecule has 144 valence electrons. The van der Waals surface area contributed by atoms with Crippen LogP contribution in [0, 0.1) is 34.9 Å². The van der Waals surface area contributed by atoms with Gasteiger partial charge in [0, 0.05) is 17.1 Å². The molecule has 0 nitrogen and oxygen atoms in total. The lowest BCUT2D eigenvalue weighted by molar-refractivity contribution is 0.372. The maximum atomic E-state index is 13.0. The first-order valence-electron chi connectivity index (χ1n) is 6.89. The van der Waals surface area contributed by atoms with Gasteiger partial charge in [-0.25, -0.2) is 26.3 Å². The van der Waals surface area contributed by atoms with Crippen molar-refractivity contribution in [3.8, 4) is 0 Å². The molecule has 26 heavy (non-hydrogen) atoms. The SMILES string of the molecule is CSSCc1c(F)c(F)c(F)c(F)c1F.CSSCc1ccc(F)cc1. The minimum atomic E-state index is -2.12. The Bertz CT molecular complexity index is 680. The number of benzene rings is 2. The molecule has 0 N–H and O–H groups in total. The maximum absolute atomic E-state index is 13.0. The first kappa shape index (κ1) is 23.5. The monoisotopic (exact) mass is 448 g/mol. The lowest BCUT2D eigenvalue weighted by Crippen LogP contribution is -2.05. The summed E-state index contributed by atoms with van der Waals surface area (Å²) in [5.41, 5.74) is 0.386. The molecule has 0 fully saturated rings. The quantitative estimate of drug-likeness (QED) is 0.198. The third-order valence-electron chi connectivity index (χ3n) is 2.88. The Labute approximate surface area is 163 Å². The molecule has 0 saturated heterocycles. The molecule has 0 aliphatic heterocycles. The molecular weight excluding hydrogens is 434 g/mol. The summed E-state index contributed by atoms with van der Waals surface area (Å²) in [5, 5.41) is 0. The number of rotatable bonds is 6. The molecule has 0 amide bonds. The largest absolute Gasteiger partial charge is 0.207 e. The van der Waals surface area contributed by atoms with E-state index in [-0.39, 0.29) is 11.6 Å². The van der Waals surface area contributed by atoms with Crippen LogP contribution >= 0.6 is 43.2 Å². The molecule has 10 heteroatoms. The van der Waals surface area contributed by atoms with Gasteiger partial charge in [-0.2, -0.15) is 0 Å². The van der Waals surface area contributed by atoms with E-state index >= 15 is 0 Å². The van der Waals surface area contributed by atoms with Crippen molar-refractivity contribution in [1.82, 2.24) is 0 Å². The van der Waals surface area contributed by atoms with Crippen molar-refractivity contribution < 1.29 is 26.3 Å². The van der Waals surface area contributed by atoms with Gasteiger partial charge < -0.3 is 0 Å². The summed E-state index contributed by atoms with van der Waals surface area (Å²) in [6.07, 6.45) is 3.67. The van der Waals surface area contributed by atoms with Crippen molar-refractivity contribution in [3.05, 3.63) is 70.3 Å². The standard InChI is InChI=1S/C8H5F5S2.C8H9FS2/c1-14-15-2-3-4(9)6(11)8(13)7(12)5(3)10;1-10-11-6-7-2-4-8(9)5-3-7/h2H2,1H3;2-5H,6H2,1H3. The smallest absolute Gasteiger partial charge is 0.200 e. The van der Waals surface area contributed by atoms with Crippen LogP contribution in [0.5, 0.6) is 0 Å². The summed E-state index contributed by atoms with van der Waals surface area (Å²) in [7, 11) is 5.65. The van der Waals surface area contributed by atoms with E-state index in [4.69, 9.17) is 0 Å². The van der Waals surface area contributed by atoms with Crippen LogP contribution < -0.4 is 0 Å². The van der Waals surface area contributed by atoms with Gasteiger partial charge in [-0.1, -0.05) is 55.3 Å². The van der Waals surface area contributed by atoms with Crippen LogP contribution in [0.3, 0.4) is 0 Å². The zero-order valence-corrected chi connectivity index (χ0v) is 16.9. The summed E-state index contributed by atoms with van der Waals surface area (Å²) >= 11 is 0. The zero-order valence-electron chi connectivity index (χ0n) is 13.6. The van der Waals surface area contributed by atoms with Crippen LogP contribution in [-0.2, 0) is 11.5 Å². The van der Waals surface area contributed by atoms with Crippen LogP contribution in [0.25, 0.3) is 0 Å². The number of hydrogen-bond donors (Lipinski definition) is 0. The summed E-state index contributed by atoms with van der Waals surface area (Å²) < 4.78 is 76.2. The Morgan fingerprint density at radius 3 is 1.50 bits per heavy atom. The fourth-order valence-corrected chi connectivity index (χ4v) is 4.01. The molecule has 0 aliphatic carbocycles. The van der Waals surface area contributed by atoms with Crippen molar-refractivity contribution in [3.63, 3.8) is 0 Å². The van der Waals surface area contributed by atoms with Crippen LogP contribution in [0.2, 0.25) is 0 Å². The van der Waals surface area contributed by atoms with Gasteiger partial charge in [0.25, 0.3) is 0 Å². The van der Waals surface area contributed by atoms with E-state index in [2.05, 4.69) is 0 Å². The fourth-order valence-electron chi connectivity index (χ4n) is 1.60. The summed E-state index contributed by atoms with van der Waals surface area (Å²) in [6, 6.07) is 6.63. The van der Waals surface area contributed by atoms with E-state index in [0.29, 0.717) is 0 Å². The Morgan fingerprint density at radius 2 is 1.04 bits per heavy atom.